The second kappa shape index (κ2) is 6.41. The van der Waals surface area contributed by atoms with Crippen LogP contribution in [-0.4, -0.2) is 38.0 Å². The lowest BCUT2D eigenvalue weighted by Crippen LogP contribution is -2.51. The summed E-state index contributed by atoms with van der Waals surface area (Å²) in [5.41, 5.74) is 0.757. The van der Waals surface area contributed by atoms with Gasteiger partial charge in [-0.1, -0.05) is 29.8 Å². The third-order valence-corrected chi connectivity index (χ3v) is 4.98. The fourth-order valence-electron chi connectivity index (χ4n) is 2.23. The minimum atomic E-state index is -3.52. The molecule has 7 heteroatoms. The molecule has 1 aromatic rings. The van der Waals surface area contributed by atoms with Crippen molar-refractivity contribution in [2.45, 2.75) is 32.6 Å². The zero-order valence-electron chi connectivity index (χ0n) is 11.5. The third-order valence-electron chi connectivity index (χ3n) is 3.13. The van der Waals surface area contributed by atoms with Crippen LogP contribution in [0.2, 0.25) is 5.02 Å². The zero-order valence-corrected chi connectivity index (χ0v) is 13.1. The summed E-state index contributed by atoms with van der Waals surface area (Å²) in [6.07, 6.45) is -0.203. The number of hydrogen-bond donors (Lipinski definition) is 1. The van der Waals surface area contributed by atoms with E-state index in [0.717, 1.165) is 5.56 Å². The molecular weight excluding hydrogens is 300 g/mol. The van der Waals surface area contributed by atoms with Gasteiger partial charge < -0.3 is 4.74 Å². The Morgan fingerprint density at radius 2 is 1.90 bits per heavy atom. The van der Waals surface area contributed by atoms with Gasteiger partial charge in [-0.05, 0) is 25.5 Å². The molecule has 0 spiro atoms. The first-order valence-corrected chi connectivity index (χ1v) is 8.34. The molecule has 1 aromatic carbocycles. The monoisotopic (exact) mass is 318 g/mol. The maximum atomic E-state index is 12.3. The van der Waals surface area contributed by atoms with Crippen LogP contribution >= 0.6 is 11.6 Å². The van der Waals surface area contributed by atoms with Gasteiger partial charge in [0.25, 0.3) is 10.2 Å². The van der Waals surface area contributed by atoms with Crippen LogP contribution in [0.3, 0.4) is 0 Å². The molecule has 0 bridgehead atoms. The highest BCUT2D eigenvalue weighted by atomic mass is 35.5. The van der Waals surface area contributed by atoms with Crippen molar-refractivity contribution in [3.8, 4) is 0 Å². The van der Waals surface area contributed by atoms with Crippen LogP contribution in [0.25, 0.3) is 0 Å². The van der Waals surface area contributed by atoms with E-state index >= 15 is 0 Å². The molecular formula is C13H19ClN2O3S. The van der Waals surface area contributed by atoms with Gasteiger partial charge in [0.05, 0.1) is 12.2 Å². The molecule has 20 heavy (non-hydrogen) atoms. The minimum absolute atomic E-state index is 0.101. The number of morpholine rings is 1. The van der Waals surface area contributed by atoms with E-state index in [1.165, 1.54) is 4.31 Å². The molecule has 1 saturated heterocycles. The first-order valence-electron chi connectivity index (χ1n) is 6.52. The summed E-state index contributed by atoms with van der Waals surface area (Å²) in [5.74, 6) is 0. The van der Waals surface area contributed by atoms with E-state index in [2.05, 4.69) is 4.72 Å². The Hall–Kier alpha value is -0.660. The van der Waals surface area contributed by atoms with Crippen LogP contribution in [0.5, 0.6) is 0 Å². The lowest BCUT2D eigenvalue weighted by Gasteiger charge is -2.34. The summed E-state index contributed by atoms with van der Waals surface area (Å²) < 4.78 is 34.1. The largest absolute Gasteiger partial charge is 0.373 e. The van der Waals surface area contributed by atoms with Crippen LogP contribution in [0.15, 0.2) is 24.3 Å². The van der Waals surface area contributed by atoms with Gasteiger partial charge in [-0.15, -0.1) is 0 Å². The van der Waals surface area contributed by atoms with Crippen molar-refractivity contribution >= 4 is 21.8 Å². The summed E-state index contributed by atoms with van der Waals surface area (Å²) in [6, 6.07) is 7.18. The first kappa shape index (κ1) is 15.7. The van der Waals surface area contributed by atoms with Crippen molar-refractivity contribution in [2.24, 2.45) is 0 Å². The Morgan fingerprint density at radius 3 is 2.50 bits per heavy atom. The standard InChI is InChI=1S/C13H19ClN2O3S/c1-10-8-16(9-11(2)19-10)20(17,18)15-7-12-5-3-4-6-13(12)14/h3-6,10-11,15H,7-9H2,1-2H3. The number of benzene rings is 1. The summed E-state index contributed by atoms with van der Waals surface area (Å²) in [6.45, 7) is 4.64. The Labute approximate surface area is 125 Å². The fourth-order valence-corrected chi connectivity index (χ4v) is 3.76. The average Bonchev–Trinajstić information content (AvgIpc) is 2.37. The highest BCUT2D eigenvalue weighted by Gasteiger charge is 2.30. The number of rotatable bonds is 4. The van der Waals surface area contributed by atoms with Crippen LogP contribution in [0.4, 0.5) is 0 Å². The lowest BCUT2D eigenvalue weighted by molar-refractivity contribution is -0.0444. The smallest absolute Gasteiger partial charge is 0.279 e. The molecule has 0 aromatic heterocycles. The fraction of sp³-hybridized carbons (Fsp3) is 0.538. The molecule has 5 nitrogen and oxygen atoms in total. The van der Waals surface area contributed by atoms with Crippen LogP contribution in [-0.2, 0) is 21.5 Å². The van der Waals surface area contributed by atoms with Crippen LogP contribution in [0.1, 0.15) is 19.4 Å². The topological polar surface area (TPSA) is 58.6 Å². The summed E-state index contributed by atoms with van der Waals surface area (Å²) >= 11 is 6.02. The van der Waals surface area contributed by atoms with Crippen molar-refractivity contribution in [1.82, 2.24) is 9.03 Å². The molecule has 1 N–H and O–H groups in total. The Balaban J connectivity index is 2.02. The number of hydrogen-bond acceptors (Lipinski definition) is 3. The Kier molecular flexibility index (Phi) is 5.04. The van der Waals surface area contributed by atoms with Crippen molar-refractivity contribution in [1.29, 1.82) is 0 Å². The van der Waals surface area contributed by atoms with Gasteiger partial charge in [-0.2, -0.15) is 17.4 Å². The third kappa shape index (κ3) is 3.93. The zero-order chi connectivity index (χ0) is 14.8. The van der Waals surface area contributed by atoms with Gasteiger partial charge in [-0.3, -0.25) is 0 Å². The van der Waals surface area contributed by atoms with Gasteiger partial charge >= 0.3 is 0 Å². The van der Waals surface area contributed by atoms with E-state index in [0.29, 0.717) is 18.1 Å². The number of nitrogens with one attached hydrogen (secondary N) is 1. The molecule has 0 radical (unpaired) electrons. The van der Waals surface area contributed by atoms with Crippen molar-refractivity contribution < 1.29 is 13.2 Å². The average molecular weight is 319 g/mol. The predicted molar refractivity (Wildman–Crippen MR) is 78.8 cm³/mol. The minimum Gasteiger partial charge on any atom is -0.373 e. The molecule has 2 atom stereocenters. The maximum absolute atomic E-state index is 12.3. The molecule has 112 valence electrons. The maximum Gasteiger partial charge on any atom is 0.279 e. The van der Waals surface area contributed by atoms with Crippen LogP contribution < -0.4 is 4.72 Å². The molecule has 1 heterocycles. The molecule has 0 aliphatic carbocycles. The van der Waals surface area contributed by atoms with E-state index in [9.17, 15) is 8.42 Å². The summed E-state index contributed by atoms with van der Waals surface area (Å²) in [7, 11) is -3.52. The SMILES string of the molecule is CC1CN(S(=O)(=O)NCc2ccccc2Cl)CC(C)O1. The summed E-state index contributed by atoms with van der Waals surface area (Å²) in [5, 5.41) is 0.555. The van der Waals surface area contributed by atoms with Crippen molar-refractivity contribution in [3.05, 3.63) is 34.9 Å². The normalized spacial score (nSPS) is 24.8. The molecule has 0 amide bonds. The quantitative estimate of drug-likeness (QED) is 0.920. The molecule has 1 aliphatic heterocycles. The Morgan fingerprint density at radius 1 is 1.30 bits per heavy atom. The number of nitrogens with zero attached hydrogens (tertiary/aromatic N) is 1. The van der Waals surface area contributed by atoms with Crippen LogP contribution in [0, 0.1) is 0 Å². The van der Waals surface area contributed by atoms with Crippen molar-refractivity contribution in [3.63, 3.8) is 0 Å². The van der Waals surface area contributed by atoms with Gasteiger partial charge in [0.1, 0.15) is 0 Å². The van der Waals surface area contributed by atoms with Crippen molar-refractivity contribution in [2.75, 3.05) is 13.1 Å². The number of halogens is 1. The van der Waals surface area contributed by atoms with E-state index < -0.39 is 10.2 Å². The predicted octanol–water partition coefficient (Wildman–Crippen LogP) is 1.78. The van der Waals surface area contributed by atoms with E-state index in [1.54, 1.807) is 12.1 Å². The second-order valence-corrected chi connectivity index (χ2v) is 7.15. The van der Waals surface area contributed by atoms with Gasteiger partial charge in [0, 0.05) is 24.7 Å². The van der Waals surface area contributed by atoms with Gasteiger partial charge in [-0.25, -0.2) is 0 Å². The first-order chi connectivity index (χ1) is 9.38. The van der Waals surface area contributed by atoms with Gasteiger partial charge in [0.2, 0.25) is 0 Å². The molecule has 2 unspecified atom stereocenters. The molecule has 1 fully saturated rings. The lowest BCUT2D eigenvalue weighted by atomic mass is 10.2. The molecule has 2 rings (SSSR count). The molecule has 0 saturated carbocycles. The Bertz CT molecular complexity index is 554. The molecule has 1 aliphatic rings. The van der Waals surface area contributed by atoms with E-state index in [4.69, 9.17) is 16.3 Å². The highest BCUT2D eigenvalue weighted by molar-refractivity contribution is 7.87. The van der Waals surface area contributed by atoms with E-state index in [-0.39, 0.29) is 18.8 Å². The summed E-state index contributed by atoms with van der Waals surface area (Å²) in [4.78, 5) is 0. The second-order valence-electron chi connectivity index (χ2n) is 4.99. The van der Waals surface area contributed by atoms with E-state index in [1.807, 2.05) is 26.0 Å². The number of ether oxygens (including phenoxy) is 1. The highest BCUT2D eigenvalue weighted by Crippen LogP contribution is 2.17. The van der Waals surface area contributed by atoms with Gasteiger partial charge in [0.15, 0.2) is 0 Å².